The number of halogens is 1. The molecule has 0 saturated heterocycles. The zero-order chi connectivity index (χ0) is 8.81. The molecular weight excluding hydrogens is 218 g/mol. The fourth-order valence-corrected chi connectivity index (χ4v) is 1.19. The fourth-order valence-electron chi connectivity index (χ4n) is 0.826. The molecule has 0 amide bonds. The summed E-state index contributed by atoms with van der Waals surface area (Å²) in [6.07, 6.45) is 5.63. The molecule has 1 aromatic rings. The van der Waals surface area contributed by atoms with Gasteiger partial charge in [0.2, 0.25) is 0 Å². The number of rotatable bonds is 4. The van der Waals surface area contributed by atoms with Crippen LogP contribution < -0.4 is 5.32 Å². The van der Waals surface area contributed by atoms with Crippen molar-refractivity contribution in [3.8, 4) is 0 Å². The summed E-state index contributed by atoms with van der Waals surface area (Å²) in [6.45, 7) is 3.13. The highest BCUT2D eigenvalue weighted by Gasteiger charge is 1.97. The first-order valence-electron chi connectivity index (χ1n) is 4.04. The van der Waals surface area contributed by atoms with Gasteiger partial charge in [-0.1, -0.05) is 13.3 Å². The number of aromatic nitrogens is 2. The zero-order valence-electron chi connectivity index (χ0n) is 7.05. The fraction of sp³-hybridized carbons (Fsp3) is 0.500. The van der Waals surface area contributed by atoms with E-state index in [0.717, 1.165) is 23.3 Å². The normalized spacial score (nSPS) is 9.83. The van der Waals surface area contributed by atoms with Crippen LogP contribution in [-0.4, -0.2) is 16.5 Å². The second-order valence-corrected chi connectivity index (χ2v) is 3.35. The van der Waals surface area contributed by atoms with E-state index in [1.54, 1.807) is 12.5 Å². The van der Waals surface area contributed by atoms with Crippen LogP contribution in [0.2, 0.25) is 0 Å². The summed E-state index contributed by atoms with van der Waals surface area (Å²) >= 11 is 3.36. The maximum atomic E-state index is 4.08. The van der Waals surface area contributed by atoms with Crippen LogP contribution in [0.5, 0.6) is 0 Å². The quantitative estimate of drug-likeness (QED) is 0.807. The molecular formula is C8H12BrN3. The first kappa shape index (κ1) is 9.45. The van der Waals surface area contributed by atoms with Gasteiger partial charge in [-0.15, -0.1) is 0 Å². The summed E-state index contributed by atoms with van der Waals surface area (Å²) in [5, 5.41) is 3.22. The monoisotopic (exact) mass is 229 g/mol. The average Bonchev–Trinajstić information content (AvgIpc) is 2.09. The first-order chi connectivity index (χ1) is 5.84. The summed E-state index contributed by atoms with van der Waals surface area (Å²) in [6, 6.07) is 0. The molecule has 0 atom stereocenters. The van der Waals surface area contributed by atoms with Crippen molar-refractivity contribution in [1.29, 1.82) is 0 Å². The molecule has 0 radical (unpaired) electrons. The van der Waals surface area contributed by atoms with E-state index in [1.807, 2.05) is 0 Å². The number of nitrogens with one attached hydrogen (secondary N) is 1. The van der Waals surface area contributed by atoms with Crippen molar-refractivity contribution in [3.63, 3.8) is 0 Å². The van der Waals surface area contributed by atoms with Gasteiger partial charge in [0.25, 0.3) is 0 Å². The Kier molecular flexibility index (Phi) is 4.00. The van der Waals surface area contributed by atoms with Crippen LogP contribution in [-0.2, 0) is 0 Å². The van der Waals surface area contributed by atoms with E-state index < -0.39 is 0 Å². The van der Waals surface area contributed by atoms with E-state index in [1.165, 1.54) is 6.42 Å². The lowest BCUT2D eigenvalue weighted by Crippen LogP contribution is -2.03. The highest BCUT2D eigenvalue weighted by Crippen LogP contribution is 2.16. The second kappa shape index (κ2) is 5.09. The molecule has 1 N–H and O–H groups in total. The summed E-state index contributed by atoms with van der Waals surface area (Å²) in [4.78, 5) is 7.96. The molecule has 0 aliphatic heterocycles. The highest BCUT2D eigenvalue weighted by molar-refractivity contribution is 9.10. The summed E-state index contributed by atoms with van der Waals surface area (Å²) in [7, 11) is 0. The smallest absolute Gasteiger partial charge is 0.143 e. The molecule has 0 aliphatic carbocycles. The second-order valence-electron chi connectivity index (χ2n) is 2.50. The molecule has 0 bridgehead atoms. The largest absolute Gasteiger partial charge is 0.369 e. The highest BCUT2D eigenvalue weighted by atomic mass is 79.9. The number of nitrogens with zero attached hydrogens (tertiary/aromatic N) is 2. The Bertz CT molecular complexity index is 239. The van der Waals surface area contributed by atoms with Crippen molar-refractivity contribution < 1.29 is 0 Å². The Morgan fingerprint density at radius 2 is 2.42 bits per heavy atom. The molecule has 0 aliphatic rings. The van der Waals surface area contributed by atoms with Crippen molar-refractivity contribution in [1.82, 2.24) is 9.97 Å². The van der Waals surface area contributed by atoms with Gasteiger partial charge in [0.1, 0.15) is 12.1 Å². The first-order valence-corrected chi connectivity index (χ1v) is 4.83. The standard InChI is InChI=1S/C8H12BrN3/c1-2-3-4-11-8-7(9)5-10-6-12-8/h5-6H,2-4H2,1H3,(H,10,11,12). The van der Waals surface area contributed by atoms with Crippen LogP contribution in [0.25, 0.3) is 0 Å². The van der Waals surface area contributed by atoms with Gasteiger partial charge in [-0.2, -0.15) is 0 Å². The average molecular weight is 230 g/mol. The molecule has 0 spiro atoms. The molecule has 12 heavy (non-hydrogen) atoms. The maximum Gasteiger partial charge on any atom is 0.143 e. The SMILES string of the molecule is CCCCNc1ncncc1Br. The lowest BCUT2D eigenvalue weighted by Gasteiger charge is -2.04. The van der Waals surface area contributed by atoms with Gasteiger partial charge >= 0.3 is 0 Å². The predicted octanol–water partition coefficient (Wildman–Crippen LogP) is 2.45. The van der Waals surface area contributed by atoms with Crippen molar-refractivity contribution in [2.24, 2.45) is 0 Å². The summed E-state index contributed by atoms with van der Waals surface area (Å²) in [5.74, 6) is 0.874. The van der Waals surface area contributed by atoms with Gasteiger partial charge in [-0.25, -0.2) is 9.97 Å². The van der Waals surface area contributed by atoms with Crippen LogP contribution in [0, 0.1) is 0 Å². The number of hydrogen-bond donors (Lipinski definition) is 1. The van der Waals surface area contributed by atoms with E-state index in [9.17, 15) is 0 Å². The molecule has 0 aromatic carbocycles. The zero-order valence-corrected chi connectivity index (χ0v) is 8.63. The van der Waals surface area contributed by atoms with E-state index in [-0.39, 0.29) is 0 Å². The number of anilines is 1. The Morgan fingerprint density at radius 1 is 1.58 bits per heavy atom. The van der Waals surface area contributed by atoms with E-state index in [0.29, 0.717) is 0 Å². The molecule has 0 unspecified atom stereocenters. The van der Waals surface area contributed by atoms with E-state index in [4.69, 9.17) is 0 Å². The minimum atomic E-state index is 0.874. The topological polar surface area (TPSA) is 37.8 Å². The third-order valence-corrected chi connectivity index (χ3v) is 2.07. The third kappa shape index (κ3) is 2.77. The van der Waals surface area contributed by atoms with Gasteiger partial charge in [0.15, 0.2) is 0 Å². The Balaban J connectivity index is 2.46. The van der Waals surface area contributed by atoms with Gasteiger partial charge in [-0.05, 0) is 22.4 Å². The molecule has 3 nitrogen and oxygen atoms in total. The lowest BCUT2D eigenvalue weighted by molar-refractivity contribution is 0.829. The van der Waals surface area contributed by atoms with Crippen molar-refractivity contribution in [3.05, 3.63) is 17.0 Å². The summed E-state index contributed by atoms with van der Waals surface area (Å²) < 4.78 is 0.918. The number of unbranched alkanes of at least 4 members (excludes halogenated alkanes) is 1. The Hall–Kier alpha value is -0.640. The molecule has 1 aromatic heterocycles. The van der Waals surface area contributed by atoms with Gasteiger partial charge in [0.05, 0.1) is 4.47 Å². The molecule has 4 heteroatoms. The van der Waals surface area contributed by atoms with Crippen LogP contribution >= 0.6 is 15.9 Å². The van der Waals surface area contributed by atoms with E-state index in [2.05, 4.69) is 38.1 Å². The van der Waals surface area contributed by atoms with Crippen LogP contribution in [0.15, 0.2) is 17.0 Å². The Labute approximate surface area is 80.7 Å². The molecule has 1 rings (SSSR count). The van der Waals surface area contributed by atoms with E-state index >= 15 is 0 Å². The molecule has 0 fully saturated rings. The third-order valence-electron chi connectivity index (χ3n) is 1.49. The Morgan fingerprint density at radius 3 is 3.08 bits per heavy atom. The van der Waals surface area contributed by atoms with Crippen LogP contribution in [0.4, 0.5) is 5.82 Å². The predicted molar refractivity (Wildman–Crippen MR) is 53.1 cm³/mol. The van der Waals surface area contributed by atoms with Crippen molar-refractivity contribution in [2.75, 3.05) is 11.9 Å². The molecule has 1 heterocycles. The van der Waals surface area contributed by atoms with Gasteiger partial charge in [0, 0.05) is 12.7 Å². The van der Waals surface area contributed by atoms with Crippen molar-refractivity contribution >= 4 is 21.7 Å². The number of hydrogen-bond acceptors (Lipinski definition) is 3. The summed E-state index contributed by atoms with van der Waals surface area (Å²) in [5.41, 5.74) is 0. The van der Waals surface area contributed by atoms with Crippen LogP contribution in [0.3, 0.4) is 0 Å². The van der Waals surface area contributed by atoms with Crippen molar-refractivity contribution in [2.45, 2.75) is 19.8 Å². The molecule has 66 valence electrons. The van der Waals surface area contributed by atoms with Gasteiger partial charge < -0.3 is 5.32 Å². The lowest BCUT2D eigenvalue weighted by atomic mass is 10.3. The minimum Gasteiger partial charge on any atom is -0.369 e. The minimum absolute atomic E-state index is 0.874. The molecule has 0 saturated carbocycles. The van der Waals surface area contributed by atoms with Gasteiger partial charge in [-0.3, -0.25) is 0 Å². The van der Waals surface area contributed by atoms with Crippen LogP contribution in [0.1, 0.15) is 19.8 Å². The maximum absolute atomic E-state index is 4.08.